The van der Waals surface area contributed by atoms with E-state index in [-0.39, 0.29) is 5.92 Å². The molecule has 0 aliphatic heterocycles. The summed E-state index contributed by atoms with van der Waals surface area (Å²) in [5, 5.41) is 19.6. The van der Waals surface area contributed by atoms with Crippen molar-refractivity contribution in [2.45, 2.75) is 51.3 Å². The molecule has 1 aliphatic carbocycles. The van der Waals surface area contributed by atoms with E-state index < -0.39 is 12.4 Å². The van der Waals surface area contributed by atoms with E-state index in [9.17, 15) is 10.0 Å². The summed E-state index contributed by atoms with van der Waals surface area (Å²) >= 11 is 0. The molecule has 0 fully saturated rings. The second-order valence-corrected chi connectivity index (χ2v) is 6.28. The van der Waals surface area contributed by atoms with Crippen molar-refractivity contribution < 1.29 is 10.0 Å². The Morgan fingerprint density at radius 1 is 1.09 bits per heavy atom. The highest BCUT2D eigenvalue weighted by Crippen LogP contribution is 2.50. The molecule has 1 aromatic carbocycles. The van der Waals surface area contributed by atoms with E-state index in [1.54, 1.807) is 0 Å². The number of allylic oxidation sites excluding steroid dienone is 4. The number of benzene rings is 1. The first-order chi connectivity index (χ1) is 10.6. The molecule has 2 unspecified atom stereocenters. The predicted molar refractivity (Wildman–Crippen MR) is 94.4 cm³/mol. The van der Waals surface area contributed by atoms with Crippen LogP contribution < -0.4 is 0 Å². The van der Waals surface area contributed by atoms with Gasteiger partial charge in [-0.2, -0.15) is 0 Å². The minimum absolute atomic E-state index is 0.157. The molecule has 0 amide bonds. The van der Waals surface area contributed by atoms with Crippen molar-refractivity contribution in [3.05, 3.63) is 54.1 Å². The SMILES string of the molecule is CCCCCC1(B(O)O)C=CC(c2ccccc2)=CC1CC. The Labute approximate surface area is 134 Å². The first kappa shape index (κ1) is 17.0. The zero-order valence-corrected chi connectivity index (χ0v) is 13.7. The van der Waals surface area contributed by atoms with Crippen LogP contribution in [0.1, 0.15) is 51.5 Å². The summed E-state index contributed by atoms with van der Waals surface area (Å²) in [5.41, 5.74) is 2.37. The molecular weight excluding hydrogens is 271 g/mol. The maximum absolute atomic E-state index is 10.1. The maximum Gasteiger partial charge on any atom is 0.462 e. The topological polar surface area (TPSA) is 40.5 Å². The van der Waals surface area contributed by atoms with Crippen molar-refractivity contribution in [1.82, 2.24) is 0 Å². The molecule has 0 saturated carbocycles. The van der Waals surface area contributed by atoms with Crippen LogP contribution in [0.2, 0.25) is 5.31 Å². The molecule has 118 valence electrons. The Morgan fingerprint density at radius 3 is 2.41 bits per heavy atom. The summed E-state index contributed by atoms with van der Waals surface area (Å²) in [5.74, 6) is 0.157. The van der Waals surface area contributed by atoms with Crippen molar-refractivity contribution in [3.63, 3.8) is 0 Å². The molecule has 2 nitrogen and oxygen atoms in total. The van der Waals surface area contributed by atoms with Gasteiger partial charge in [0.25, 0.3) is 0 Å². The van der Waals surface area contributed by atoms with Crippen LogP contribution in [0.3, 0.4) is 0 Å². The Bertz CT molecular complexity index is 521. The van der Waals surface area contributed by atoms with Crippen molar-refractivity contribution in [3.8, 4) is 0 Å². The zero-order chi connectivity index (χ0) is 16.0. The molecular formula is C19H27BO2. The Balaban J connectivity index is 2.27. The Morgan fingerprint density at radius 2 is 1.82 bits per heavy atom. The predicted octanol–water partition coefficient (Wildman–Crippen LogP) is 4.46. The summed E-state index contributed by atoms with van der Waals surface area (Å²) in [6.45, 7) is 4.30. The van der Waals surface area contributed by atoms with Gasteiger partial charge in [0.15, 0.2) is 0 Å². The quantitative estimate of drug-likeness (QED) is 0.576. The van der Waals surface area contributed by atoms with Gasteiger partial charge in [-0.15, -0.1) is 0 Å². The smallest absolute Gasteiger partial charge is 0.426 e. The van der Waals surface area contributed by atoms with Gasteiger partial charge in [-0.05, 0) is 29.9 Å². The van der Waals surface area contributed by atoms with Crippen LogP contribution in [-0.4, -0.2) is 17.2 Å². The third kappa shape index (κ3) is 3.53. The highest BCUT2D eigenvalue weighted by Gasteiger charge is 2.45. The molecule has 22 heavy (non-hydrogen) atoms. The lowest BCUT2D eigenvalue weighted by atomic mass is 9.47. The van der Waals surface area contributed by atoms with Gasteiger partial charge >= 0.3 is 7.12 Å². The van der Waals surface area contributed by atoms with Crippen molar-refractivity contribution in [2.75, 3.05) is 0 Å². The molecule has 0 heterocycles. The first-order valence-corrected chi connectivity index (χ1v) is 8.46. The van der Waals surface area contributed by atoms with Crippen molar-refractivity contribution in [2.24, 2.45) is 5.92 Å². The van der Waals surface area contributed by atoms with Crippen molar-refractivity contribution in [1.29, 1.82) is 0 Å². The lowest BCUT2D eigenvalue weighted by Crippen LogP contribution is -2.38. The summed E-state index contributed by atoms with van der Waals surface area (Å²) in [4.78, 5) is 0. The van der Waals surface area contributed by atoms with Crippen molar-refractivity contribution >= 4 is 12.7 Å². The molecule has 0 bridgehead atoms. The minimum Gasteiger partial charge on any atom is -0.426 e. The van der Waals surface area contributed by atoms with Crippen LogP contribution in [0.15, 0.2) is 48.6 Å². The number of hydrogen-bond acceptors (Lipinski definition) is 2. The third-order valence-corrected chi connectivity index (χ3v) is 4.89. The van der Waals surface area contributed by atoms with E-state index in [4.69, 9.17) is 0 Å². The fourth-order valence-corrected chi connectivity index (χ4v) is 3.47. The van der Waals surface area contributed by atoms with Gasteiger partial charge in [-0.3, -0.25) is 0 Å². The maximum atomic E-state index is 10.1. The third-order valence-electron chi connectivity index (χ3n) is 4.89. The van der Waals surface area contributed by atoms with Gasteiger partial charge in [-0.1, -0.05) is 81.7 Å². The fraction of sp³-hybridized carbons (Fsp3) is 0.474. The molecule has 2 N–H and O–H groups in total. The largest absolute Gasteiger partial charge is 0.462 e. The molecule has 0 radical (unpaired) electrons. The van der Waals surface area contributed by atoms with E-state index >= 15 is 0 Å². The summed E-state index contributed by atoms with van der Waals surface area (Å²) in [6.07, 6.45) is 11.4. The summed E-state index contributed by atoms with van der Waals surface area (Å²) in [7, 11) is -1.31. The van der Waals surface area contributed by atoms with Gasteiger partial charge in [0.1, 0.15) is 0 Å². The van der Waals surface area contributed by atoms with Crippen LogP contribution >= 0.6 is 0 Å². The highest BCUT2D eigenvalue weighted by molar-refractivity contribution is 6.46. The highest BCUT2D eigenvalue weighted by atomic mass is 16.4. The van der Waals surface area contributed by atoms with Crippen LogP contribution in [0, 0.1) is 5.92 Å². The second-order valence-electron chi connectivity index (χ2n) is 6.28. The number of unbranched alkanes of at least 4 members (excludes halogenated alkanes) is 2. The fourth-order valence-electron chi connectivity index (χ4n) is 3.47. The molecule has 3 heteroatoms. The zero-order valence-electron chi connectivity index (χ0n) is 13.7. The van der Waals surface area contributed by atoms with E-state index in [0.717, 1.165) is 32.1 Å². The van der Waals surface area contributed by atoms with Crippen LogP contribution in [-0.2, 0) is 0 Å². The molecule has 1 aliphatic rings. The molecule has 2 atom stereocenters. The molecule has 0 spiro atoms. The Kier molecular flexibility index (Phi) is 6.04. The first-order valence-electron chi connectivity index (χ1n) is 8.46. The van der Waals surface area contributed by atoms with Gasteiger partial charge in [0, 0.05) is 5.31 Å². The molecule has 0 saturated heterocycles. The lowest BCUT2D eigenvalue weighted by molar-refractivity contribution is 0.301. The van der Waals surface area contributed by atoms with E-state index in [0.29, 0.717) is 0 Å². The van der Waals surface area contributed by atoms with E-state index in [1.165, 1.54) is 11.1 Å². The minimum atomic E-state index is -1.31. The normalized spacial score (nSPS) is 24.2. The second kappa shape index (κ2) is 7.80. The number of rotatable bonds is 7. The van der Waals surface area contributed by atoms with Gasteiger partial charge in [0.2, 0.25) is 0 Å². The summed E-state index contributed by atoms with van der Waals surface area (Å²) < 4.78 is 0. The van der Waals surface area contributed by atoms with Crippen LogP contribution in [0.4, 0.5) is 0 Å². The standard InChI is InChI=1S/C19H27BO2/c1-3-5-9-13-19(20(21)22)14-12-17(15-18(19)4-2)16-10-7-6-8-11-16/h6-8,10-12,14-15,18,21-22H,3-5,9,13H2,1-2H3. The van der Waals surface area contributed by atoms with Crippen LogP contribution in [0.25, 0.3) is 5.57 Å². The monoisotopic (exact) mass is 298 g/mol. The van der Waals surface area contributed by atoms with E-state index in [1.807, 2.05) is 24.3 Å². The Hall–Kier alpha value is -1.32. The lowest BCUT2D eigenvalue weighted by Gasteiger charge is -2.39. The molecule has 2 rings (SSSR count). The van der Waals surface area contributed by atoms with Crippen LogP contribution in [0.5, 0.6) is 0 Å². The average molecular weight is 298 g/mol. The average Bonchev–Trinajstić information content (AvgIpc) is 2.55. The van der Waals surface area contributed by atoms with Gasteiger partial charge in [0.05, 0.1) is 0 Å². The van der Waals surface area contributed by atoms with Gasteiger partial charge < -0.3 is 10.0 Å². The van der Waals surface area contributed by atoms with Gasteiger partial charge in [-0.25, -0.2) is 0 Å². The molecule has 1 aromatic rings. The summed E-state index contributed by atoms with van der Waals surface area (Å²) in [6, 6.07) is 10.3. The molecule has 0 aromatic heterocycles. The van der Waals surface area contributed by atoms with E-state index in [2.05, 4.69) is 38.1 Å². The number of hydrogen-bond donors (Lipinski definition) is 2.